The maximum absolute atomic E-state index is 14.5. The van der Waals surface area contributed by atoms with Crippen molar-refractivity contribution in [3.63, 3.8) is 0 Å². The molecule has 0 aromatic heterocycles. The van der Waals surface area contributed by atoms with E-state index in [-0.39, 0.29) is 48.9 Å². The maximum atomic E-state index is 14.5. The molecule has 1 unspecified atom stereocenters. The van der Waals surface area contributed by atoms with E-state index in [0.29, 0.717) is 38.8 Å². The number of carbonyl (C=O) groups is 5. The molecule has 3 rings (SSSR count). The van der Waals surface area contributed by atoms with E-state index in [2.05, 4.69) is 27.8 Å². The van der Waals surface area contributed by atoms with Gasteiger partial charge in [0, 0.05) is 32.2 Å². The van der Waals surface area contributed by atoms with Gasteiger partial charge in [-0.3, -0.25) is 19.2 Å². The van der Waals surface area contributed by atoms with Crippen LogP contribution in [0.4, 0.5) is 4.79 Å². The van der Waals surface area contributed by atoms with E-state index in [1.54, 1.807) is 4.90 Å². The van der Waals surface area contributed by atoms with Gasteiger partial charge in [-0.05, 0) is 62.7 Å². The molecule has 272 valence electrons. The lowest BCUT2D eigenvalue weighted by Crippen LogP contribution is -2.60. The minimum Gasteiger partial charge on any atom is -0.346 e. The predicted octanol–water partition coefficient (Wildman–Crippen LogP) is 2.47. The second kappa shape index (κ2) is 18.7. The molecule has 13 nitrogen and oxygen atoms in total. The second-order valence-electron chi connectivity index (χ2n) is 13.9. The number of hydrogen-bond donors (Lipinski definition) is 4. The quantitative estimate of drug-likeness (QED) is 0.142. The van der Waals surface area contributed by atoms with Gasteiger partial charge < -0.3 is 26.2 Å². The van der Waals surface area contributed by atoms with Crippen molar-refractivity contribution in [2.24, 2.45) is 17.8 Å². The summed E-state index contributed by atoms with van der Waals surface area (Å²) >= 11 is 0. The Hall–Kier alpha value is -3.00. The third-order valence-electron chi connectivity index (χ3n) is 10.1. The molecule has 5 atom stereocenters. The Kier molecular flexibility index (Phi) is 15.3. The van der Waals surface area contributed by atoms with Crippen LogP contribution in [0.5, 0.6) is 0 Å². The number of rotatable bonds is 16. The SMILES string of the molecule is C=CCNC(=O)C(=O)C(CCC)NC(=O)[C@@H]1C[C@@H](C(C)C)CN1C(=O)[C@@H](NC(=O)N[C@@H](CC)CN1CCCCS1(=O)=O)C1CCCCC1. The fourth-order valence-electron chi connectivity index (χ4n) is 7.04. The van der Waals surface area contributed by atoms with Crippen molar-refractivity contribution < 1.29 is 32.4 Å². The molecular formula is C34H58N6O7S. The van der Waals surface area contributed by atoms with Gasteiger partial charge >= 0.3 is 6.03 Å². The Bertz CT molecular complexity index is 1250. The average Bonchev–Trinajstić information content (AvgIpc) is 3.52. The first kappa shape index (κ1) is 39.4. The first-order chi connectivity index (χ1) is 22.8. The zero-order valence-electron chi connectivity index (χ0n) is 29.3. The van der Waals surface area contributed by atoms with E-state index >= 15 is 0 Å². The van der Waals surface area contributed by atoms with Crippen molar-refractivity contribution in [2.45, 2.75) is 122 Å². The van der Waals surface area contributed by atoms with Crippen LogP contribution in [0.2, 0.25) is 0 Å². The van der Waals surface area contributed by atoms with E-state index in [0.717, 1.165) is 38.5 Å². The normalized spacial score (nSPS) is 23.5. The summed E-state index contributed by atoms with van der Waals surface area (Å²) in [7, 11) is -3.37. The predicted molar refractivity (Wildman–Crippen MR) is 184 cm³/mol. The summed E-state index contributed by atoms with van der Waals surface area (Å²) in [5, 5.41) is 11.1. The molecule has 2 heterocycles. The first-order valence-electron chi connectivity index (χ1n) is 17.9. The third-order valence-corrected chi connectivity index (χ3v) is 12.0. The van der Waals surface area contributed by atoms with Gasteiger partial charge in [0.1, 0.15) is 12.1 Å². The molecule has 14 heteroatoms. The summed E-state index contributed by atoms with van der Waals surface area (Å²) in [5.74, 6) is -2.19. The number of carbonyl (C=O) groups excluding carboxylic acids is 5. The van der Waals surface area contributed by atoms with Crippen LogP contribution >= 0.6 is 0 Å². The Morgan fingerprint density at radius 1 is 0.938 bits per heavy atom. The smallest absolute Gasteiger partial charge is 0.315 e. The van der Waals surface area contributed by atoms with Crippen molar-refractivity contribution in [3.8, 4) is 0 Å². The number of nitrogens with one attached hydrogen (secondary N) is 4. The Labute approximate surface area is 286 Å². The van der Waals surface area contributed by atoms with Crippen LogP contribution in [0.15, 0.2) is 12.7 Å². The molecule has 0 spiro atoms. The first-order valence-corrected chi connectivity index (χ1v) is 19.5. The van der Waals surface area contributed by atoms with E-state index < -0.39 is 57.8 Å². The summed E-state index contributed by atoms with van der Waals surface area (Å²) in [6.07, 6.45) is 9.00. The minimum absolute atomic E-state index is 0.0257. The lowest BCUT2D eigenvalue weighted by Gasteiger charge is -2.35. The summed E-state index contributed by atoms with van der Waals surface area (Å²) < 4.78 is 26.6. The highest BCUT2D eigenvalue weighted by Gasteiger charge is 2.45. The molecular weight excluding hydrogens is 636 g/mol. The summed E-state index contributed by atoms with van der Waals surface area (Å²) in [6.45, 7) is 12.4. The van der Waals surface area contributed by atoms with Gasteiger partial charge in [-0.1, -0.05) is 59.5 Å². The van der Waals surface area contributed by atoms with Crippen LogP contribution < -0.4 is 21.3 Å². The molecule has 3 aliphatic rings. The number of likely N-dealkylation sites (tertiary alicyclic amines) is 1. The standard InChI is InChI=1S/C34H58N6O7S/c1-6-14-27(30(41)32(43)35-17-7-2)37-31(42)28-20-25(23(4)5)21-40(28)33(44)29(24-15-10-9-11-16-24)38-34(45)36-26(8-3)22-39-18-12-13-19-48(39,46)47/h7,23-29H,2,6,8-22H2,1,3-5H3,(H,35,43)(H,37,42)(H2,36,38,45)/t25-,26+,27?,28+,29+/m1/s1. The number of hydrogen-bond acceptors (Lipinski definition) is 7. The maximum Gasteiger partial charge on any atom is 0.315 e. The molecule has 0 aromatic rings. The minimum atomic E-state index is -3.37. The number of Topliss-reactive ketones (excluding diaryl/α,β-unsaturated/α-hetero) is 1. The number of ketones is 1. The molecule has 1 saturated carbocycles. The Balaban J connectivity index is 1.80. The fraction of sp³-hybridized carbons (Fsp3) is 0.794. The number of urea groups is 1. The highest BCUT2D eigenvalue weighted by molar-refractivity contribution is 7.89. The zero-order valence-corrected chi connectivity index (χ0v) is 30.1. The van der Waals surface area contributed by atoms with Crippen LogP contribution in [-0.4, -0.2) is 103 Å². The van der Waals surface area contributed by atoms with Gasteiger partial charge in [0.05, 0.1) is 11.8 Å². The monoisotopic (exact) mass is 694 g/mol. The molecule has 2 aliphatic heterocycles. The van der Waals surface area contributed by atoms with Crippen LogP contribution in [0.3, 0.4) is 0 Å². The average molecular weight is 695 g/mol. The van der Waals surface area contributed by atoms with Crippen molar-refractivity contribution in [1.29, 1.82) is 0 Å². The van der Waals surface area contributed by atoms with Gasteiger partial charge in [-0.25, -0.2) is 13.2 Å². The van der Waals surface area contributed by atoms with Crippen molar-refractivity contribution in [3.05, 3.63) is 12.7 Å². The van der Waals surface area contributed by atoms with Gasteiger partial charge in [0.2, 0.25) is 27.6 Å². The molecule has 48 heavy (non-hydrogen) atoms. The third kappa shape index (κ3) is 10.8. The Morgan fingerprint density at radius 3 is 2.25 bits per heavy atom. The molecule has 1 aliphatic carbocycles. The second-order valence-corrected chi connectivity index (χ2v) is 16.0. The van der Waals surface area contributed by atoms with E-state index in [9.17, 15) is 32.4 Å². The zero-order chi connectivity index (χ0) is 35.4. The number of amides is 5. The molecule has 0 aromatic carbocycles. The van der Waals surface area contributed by atoms with E-state index in [4.69, 9.17) is 0 Å². The molecule has 3 fully saturated rings. The van der Waals surface area contributed by atoms with Crippen LogP contribution in [0.1, 0.15) is 98.3 Å². The van der Waals surface area contributed by atoms with Crippen LogP contribution in [-0.2, 0) is 29.2 Å². The highest BCUT2D eigenvalue weighted by Crippen LogP contribution is 2.33. The van der Waals surface area contributed by atoms with Crippen molar-refractivity contribution >= 4 is 39.6 Å². The van der Waals surface area contributed by atoms with Crippen LogP contribution in [0, 0.1) is 17.8 Å². The number of sulfonamides is 1. The molecule has 2 saturated heterocycles. The van der Waals surface area contributed by atoms with Crippen molar-refractivity contribution in [2.75, 3.05) is 31.9 Å². The highest BCUT2D eigenvalue weighted by atomic mass is 32.2. The Morgan fingerprint density at radius 2 is 1.65 bits per heavy atom. The molecule has 0 bridgehead atoms. The summed E-state index contributed by atoms with van der Waals surface area (Å²) in [4.78, 5) is 68.8. The number of nitrogens with zero attached hydrogens (tertiary/aromatic N) is 2. The molecule has 0 radical (unpaired) electrons. The summed E-state index contributed by atoms with van der Waals surface area (Å²) in [6, 6.07) is -3.75. The lowest BCUT2D eigenvalue weighted by atomic mass is 9.83. The fourth-order valence-corrected chi connectivity index (χ4v) is 8.68. The van der Waals surface area contributed by atoms with E-state index in [1.807, 2.05) is 27.7 Å². The van der Waals surface area contributed by atoms with Gasteiger partial charge in [0.25, 0.3) is 5.91 Å². The van der Waals surface area contributed by atoms with Gasteiger partial charge in [-0.2, -0.15) is 4.31 Å². The van der Waals surface area contributed by atoms with Gasteiger partial charge in [-0.15, -0.1) is 6.58 Å². The summed E-state index contributed by atoms with van der Waals surface area (Å²) in [5.41, 5.74) is 0. The lowest BCUT2D eigenvalue weighted by molar-refractivity contribution is -0.143. The molecule has 5 amide bonds. The van der Waals surface area contributed by atoms with Crippen molar-refractivity contribution in [1.82, 2.24) is 30.5 Å². The van der Waals surface area contributed by atoms with Gasteiger partial charge in [0.15, 0.2) is 0 Å². The topological polar surface area (TPSA) is 174 Å². The van der Waals surface area contributed by atoms with E-state index in [1.165, 1.54) is 10.4 Å². The molecule has 4 N–H and O–H groups in total. The van der Waals surface area contributed by atoms with Crippen LogP contribution in [0.25, 0.3) is 0 Å². The largest absolute Gasteiger partial charge is 0.346 e.